The molecule has 3 rings (SSSR count). The molecule has 0 unspecified atom stereocenters. The molecule has 0 aliphatic rings. The lowest BCUT2D eigenvalue weighted by Crippen LogP contribution is -2.48. The number of amides is 2. The Balaban J connectivity index is 1.78. The van der Waals surface area contributed by atoms with Crippen molar-refractivity contribution in [2.75, 3.05) is 21.3 Å². The van der Waals surface area contributed by atoms with Crippen molar-refractivity contribution in [1.29, 1.82) is 0 Å². The molecule has 31 heavy (non-hydrogen) atoms. The van der Waals surface area contributed by atoms with Crippen molar-refractivity contribution >= 4 is 11.8 Å². The topological polar surface area (TPSA) is 81.0 Å². The van der Waals surface area contributed by atoms with Crippen LogP contribution in [0.1, 0.15) is 21.7 Å². The summed E-state index contributed by atoms with van der Waals surface area (Å²) in [7, 11) is 4.85. The van der Waals surface area contributed by atoms with Crippen LogP contribution in [0.15, 0.2) is 71.3 Å². The number of nitrogens with one attached hydrogen (secondary N) is 1. The summed E-state index contributed by atoms with van der Waals surface area (Å²) in [5.74, 6) is 0.794. The molecular weight excluding hydrogens is 396 g/mol. The molecule has 1 heterocycles. The molecule has 3 aromatic rings. The van der Waals surface area contributed by atoms with Gasteiger partial charge in [0.05, 0.1) is 20.5 Å². The Labute approximate surface area is 181 Å². The summed E-state index contributed by atoms with van der Waals surface area (Å²) in [5, 5.41) is 2.81. The fraction of sp³-hybridized carbons (Fsp3) is 0.250. The van der Waals surface area contributed by atoms with Gasteiger partial charge in [0.25, 0.3) is 5.91 Å². The van der Waals surface area contributed by atoms with E-state index in [0.717, 1.165) is 11.1 Å². The second-order valence-corrected chi connectivity index (χ2v) is 7.07. The highest BCUT2D eigenvalue weighted by molar-refractivity contribution is 5.95. The third-order valence-electron chi connectivity index (χ3n) is 4.91. The molecule has 0 bridgehead atoms. The van der Waals surface area contributed by atoms with Crippen molar-refractivity contribution < 1.29 is 23.5 Å². The molecule has 0 radical (unpaired) electrons. The average Bonchev–Trinajstić information content (AvgIpc) is 3.34. The summed E-state index contributed by atoms with van der Waals surface area (Å²) in [6.45, 7) is 0.313. The van der Waals surface area contributed by atoms with Crippen molar-refractivity contribution in [2.24, 2.45) is 0 Å². The predicted molar refractivity (Wildman–Crippen MR) is 116 cm³/mol. The van der Waals surface area contributed by atoms with Crippen molar-refractivity contribution in [3.63, 3.8) is 0 Å². The summed E-state index contributed by atoms with van der Waals surface area (Å²) in [5.41, 5.74) is 1.77. The van der Waals surface area contributed by atoms with Gasteiger partial charge >= 0.3 is 0 Å². The number of ether oxygens (including phenoxy) is 2. The van der Waals surface area contributed by atoms with Gasteiger partial charge in [-0.05, 0) is 29.8 Å². The van der Waals surface area contributed by atoms with E-state index in [1.807, 2.05) is 42.5 Å². The predicted octanol–water partition coefficient (Wildman–Crippen LogP) is 3.30. The largest absolute Gasteiger partial charge is 0.497 e. The molecular formula is C24H26N2O5. The molecule has 2 aromatic carbocycles. The summed E-state index contributed by atoms with van der Waals surface area (Å²) in [4.78, 5) is 27.4. The van der Waals surface area contributed by atoms with Crippen LogP contribution in [0.2, 0.25) is 0 Å². The molecule has 0 saturated carbocycles. The van der Waals surface area contributed by atoms with E-state index in [9.17, 15) is 9.59 Å². The number of benzene rings is 2. The van der Waals surface area contributed by atoms with Gasteiger partial charge in [0.2, 0.25) is 5.91 Å². The molecule has 2 amide bonds. The lowest BCUT2D eigenvalue weighted by molar-refractivity contribution is -0.132. The number of carbonyl (C=O) groups is 2. The molecule has 0 fully saturated rings. The molecule has 0 spiro atoms. The highest BCUT2D eigenvalue weighted by Gasteiger charge is 2.26. The molecule has 1 atom stereocenters. The monoisotopic (exact) mass is 422 g/mol. The Morgan fingerprint density at radius 3 is 2.45 bits per heavy atom. The molecule has 0 saturated heterocycles. The number of methoxy groups -OCH3 is 2. The standard InChI is InChI=1S/C24H26N2O5/c1-26(16-18-11-12-19(29-2)15-22(18)30-3)24(28)20(14-17-8-5-4-6-9-17)25-23(27)21-10-7-13-31-21/h4-13,15,20H,14,16H2,1-3H3,(H,25,27)/t20-/m1/s1. The highest BCUT2D eigenvalue weighted by Crippen LogP contribution is 2.25. The van der Waals surface area contributed by atoms with Gasteiger partial charge in [-0.1, -0.05) is 30.3 Å². The van der Waals surface area contributed by atoms with Crippen LogP contribution < -0.4 is 14.8 Å². The van der Waals surface area contributed by atoms with E-state index >= 15 is 0 Å². The fourth-order valence-corrected chi connectivity index (χ4v) is 3.27. The van der Waals surface area contributed by atoms with Gasteiger partial charge in [0.15, 0.2) is 5.76 Å². The number of rotatable bonds is 9. The van der Waals surface area contributed by atoms with Gasteiger partial charge in [-0.25, -0.2) is 0 Å². The van der Waals surface area contributed by atoms with Crippen LogP contribution in [0.3, 0.4) is 0 Å². The normalized spacial score (nSPS) is 11.5. The Morgan fingerprint density at radius 1 is 1.03 bits per heavy atom. The maximum atomic E-state index is 13.3. The number of furan rings is 1. The first-order valence-corrected chi connectivity index (χ1v) is 9.86. The Kier molecular flexibility index (Phi) is 7.32. The van der Waals surface area contributed by atoms with Gasteiger partial charge in [-0.15, -0.1) is 0 Å². The van der Waals surface area contributed by atoms with E-state index < -0.39 is 11.9 Å². The molecule has 162 valence electrons. The first kappa shape index (κ1) is 22.0. The summed E-state index contributed by atoms with van der Waals surface area (Å²) in [6, 6.07) is 17.4. The third-order valence-corrected chi connectivity index (χ3v) is 4.91. The molecule has 0 aliphatic heterocycles. The van der Waals surface area contributed by atoms with E-state index in [1.54, 1.807) is 44.4 Å². The Hall–Kier alpha value is -3.74. The second-order valence-electron chi connectivity index (χ2n) is 7.07. The third kappa shape index (κ3) is 5.66. The summed E-state index contributed by atoms with van der Waals surface area (Å²) in [6.07, 6.45) is 1.78. The molecule has 1 aromatic heterocycles. The molecule has 7 heteroatoms. The van der Waals surface area contributed by atoms with E-state index in [0.29, 0.717) is 24.5 Å². The van der Waals surface area contributed by atoms with Crippen molar-refractivity contribution in [2.45, 2.75) is 19.0 Å². The number of likely N-dealkylation sites (N-methyl/N-ethyl adjacent to an activating group) is 1. The Morgan fingerprint density at radius 2 is 1.81 bits per heavy atom. The number of nitrogens with zero attached hydrogens (tertiary/aromatic N) is 1. The first-order chi connectivity index (χ1) is 15.0. The minimum absolute atomic E-state index is 0.158. The number of hydrogen-bond acceptors (Lipinski definition) is 5. The van der Waals surface area contributed by atoms with Crippen LogP contribution in [0.25, 0.3) is 0 Å². The summed E-state index contributed by atoms with van der Waals surface area (Å²) < 4.78 is 15.8. The van der Waals surface area contributed by atoms with E-state index in [1.165, 1.54) is 6.26 Å². The highest BCUT2D eigenvalue weighted by atomic mass is 16.5. The van der Waals surface area contributed by atoms with Crippen LogP contribution in [-0.4, -0.2) is 44.0 Å². The minimum Gasteiger partial charge on any atom is -0.497 e. The summed E-state index contributed by atoms with van der Waals surface area (Å²) >= 11 is 0. The van der Waals surface area contributed by atoms with Crippen LogP contribution in [-0.2, 0) is 17.8 Å². The van der Waals surface area contributed by atoms with Gasteiger partial charge < -0.3 is 24.1 Å². The minimum atomic E-state index is -0.755. The van der Waals surface area contributed by atoms with E-state index in [2.05, 4.69) is 5.32 Å². The number of hydrogen-bond donors (Lipinski definition) is 1. The average molecular weight is 422 g/mol. The maximum absolute atomic E-state index is 13.3. The van der Waals surface area contributed by atoms with E-state index in [4.69, 9.17) is 13.9 Å². The fourth-order valence-electron chi connectivity index (χ4n) is 3.27. The lowest BCUT2D eigenvalue weighted by atomic mass is 10.0. The van der Waals surface area contributed by atoms with Crippen LogP contribution in [0.4, 0.5) is 0 Å². The maximum Gasteiger partial charge on any atom is 0.287 e. The van der Waals surface area contributed by atoms with Gasteiger partial charge in [0.1, 0.15) is 17.5 Å². The van der Waals surface area contributed by atoms with Crippen molar-refractivity contribution in [3.8, 4) is 11.5 Å². The van der Waals surface area contributed by atoms with Crippen LogP contribution in [0.5, 0.6) is 11.5 Å². The SMILES string of the molecule is COc1ccc(CN(C)C(=O)[C@@H](Cc2ccccc2)NC(=O)c2ccco2)c(OC)c1. The zero-order chi connectivity index (χ0) is 22.2. The molecule has 0 aliphatic carbocycles. The Bertz CT molecular complexity index is 1000. The zero-order valence-electron chi connectivity index (χ0n) is 17.8. The van der Waals surface area contributed by atoms with Crippen LogP contribution >= 0.6 is 0 Å². The van der Waals surface area contributed by atoms with E-state index in [-0.39, 0.29) is 11.7 Å². The molecule has 1 N–H and O–H groups in total. The zero-order valence-corrected chi connectivity index (χ0v) is 17.8. The van der Waals surface area contributed by atoms with Gasteiger partial charge in [-0.3, -0.25) is 9.59 Å². The van der Waals surface area contributed by atoms with Gasteiger partial charge in [-0.2, -0.15) is 0 Å². The quantitative estimate of drug-likeness (QED) is 0.572. The first-order valence-electron chi connectivity index (χ1n) is 9.86. The second kappa shape index (κ2) is 10.3. The van der Waals surface area contributed by atoms with Crippen LogP contribution in [0, 0.1) is 0 Å². The van der Waals surface area contributed by atoms with Crippen molar-refractivity contribution in [3.05, 3.63) is 83.8 Å². The number of carbonyl (C=O) groups excluding carboxylic acids is 2. The molecule has 7 nitrogen and oxygen atoms in total. The lowest BCUT2D eigenvalue weighted by Gasteiger charge is -2.25. The smallest absolute Gasteiger partial charge is 0.287 e. The van der Waals surface area contributed by atoms with Crippen molar-refractivity contribution in [1.82, 2.24) is 10.2 Å². The van der Waals surface area contributed by atoms with Gasteiger partial charge in [0, 0.05) is 31.6 Å².